The molecule has 1 aromatic carbocycles. The lowest BCUT2D eigenvalue weighted by molar-refractivity contribution is 0.233. The molecule has 0 unspecified atom stereocenters. The predicted molar refractivity (Wildman–Crippen MR) is 127 cm³/mol. The molecule has 1 saturated heterocycles. The SMILES string of the molecule is Cc1c(Nc2c(C#N)cncc2-c2cc(CN3CCNCC3)ccn2)ccc2[nH]ccc12. The monoisotopic (exact) mass is 423 g/mol. The molecule has 0 spiro atoms. The number of H-pyrrole nitrogens is 1. The highest BCUT2D eigenvalue weighted by Crippen LogP contribution is 2.34. The van der Waals surface area contributed by atoms with E-state index in [2.05, 4.69) is 61.7 Å². The summed E-state index contributed by atoms with van der Waals surface area (Å²) in [6.07, 6.45) is 7.16. The molecule has 3 aromatic heterocycles. The van der Waals surface area contributed by atoms with E-state index in [1.807, 2.05) is 24.5 Å². The first-order valence-electron chi connectivity index (χ1n) is 10.8. The summed E-state index contributed by atoms with van der Waals surface area (Å²) < 4.78 is 0. The number of rotatable bonds is 5. The van der Waals surface area contributed by atoms with Crippen molar-refractivity contribution in [3.8, 4) is 17.3 Å². The molecule has 0 aliphatic carbocycles. The van der Waals surface area contributed by atoms with Crippen molar-refractivity contribution in [2.75, 3.05) is 31.5 Å². The largest absolute Gasteiger partial charge is 0.361 e. The quantitative estimate of drug-likeness (QED) is 0.450. The number of fused-ring (bicyclic) bond motifs is 1. The van der Waals surface area contributed by atoms with E-state index in [9.17, 15) is 5.26 Å². The Morgan fingerprint density at radius 3 is 2.88 bits per heavy atom. The van der Waals surface area contributed by atoms with Crippen LogP contribution in [0, 0.1) is 18.3 Å². The Kier molecular flexibility index (Phi) is 5.55. The standard InChI is InChI=1S/C25H25N7/c1-17-20-5-7-29-23(20)3-2-22(17)31-25-19(13-26)14-28-15-21(25)24-12-18(4-6-30-24)16-32-10-8-27-9-11-32/h2-7,12,14-15,27,29H,8-11,16H2,1H3,(H,28,31). The zero-order valence-corrected chi connectivity index (χ0v) is 18.0. The van der Waals surface area contributed by atoms with E-state index in [1.165, 1.54) is 5.56 Å². The molecule has 5 rings (SSSR count). The molecule has 0 saturated carbocycles. The molecule has 32 heavy (non-hydrogen) atoms. The molecule has 7 nitrogen and oxygen atoms in total. The number of aromatic amines is 1. The number of hydrogen-bond acceptors (Lipinski definition) is 6. The highest BCUT2D eigenvalue weighted by atomic mass is 15.2. The summed E-state index contributed by atoms with van der Waals surface area (Å²) in [7, 11) is 0. The zero-order chi connectivity index (χ0) is 21.9. The number of nitrogens with one attached hydrogen (secondary N) is 3. The molecule has 4 aromatic rings. The summed E-state index contributed by atoms with van der Waals surface area (Å²) in [6.45, 7) is 7.08. The van der Waals surface area contributed by atoms with Crippen LogP contribution in [0.2, 0.25) is 0 Å². The Bertz CT molecular complexity index is 1300. The number of nitrogens with zero attached hydrogens (tertiary/aromatic N) is 4. The Labute approximate surface area is 187 Å². The lowest BCUT2D eigenvalue weighted by Gasteiger charge is -2.27. The van der Waals surface area contributed by atoms with Crippen molar-refractivity contribution in [3.05, 3.63) is 71.8 Å². The summed E-state index contributed by atoms with van der Waals surface area (Å²) >= 11 is 0. The Balaban J connectivity index is 1.52. The first-order valence-corrected chi connectivity index (χ1v) is 10.8. The van der Waals surface area contributed by atoms with Crippen LogP contribution < -0.4 is 10.6 Å². The van der Waals surface area contributed by atoms with Gasteiger partial charge in [-0.15, -0.1) is 0 Å². The normalized spacial score (nSPS) is 14.4. The van der Waals surface area contributed by atoms with Crippen molar-refractivity contribution in [1.29, 1.82) is 5.26 Å². The molecule has 1 fully saturated rings. The Hall–Kier alpha value is -3.73. The van der Waals surface area contributed by atoms with Crippen LogP contribution in [0.3, 0.4) is 0 Å². The topological polar surface area (TPSA) is 92.7 Å². The molecular formula is C25H25N7. The molecule has 1 aliphatic rings. The molecule has 0 bridgehead atoms. The number of aryl methyl sites for hydroxylation is 1. The fraction of sp³-hybridized carbons (Fsp3) is 0.240. The van der Waals surface area contributed by atoms with Gasteiger partial charge < -0.3 is 15.6 Å². The van der Waals surface area contributed by atoms with E-state index in [-0.39, 0.29) is 0 Å². The van der Waals surface area contributed by atoms with E-state index in [0.29, 0.717) is 5.56 Å². The highest BCUT2D eigenvalue weighted by Gasteiger charge is 2.16. The highest BCUT2D eigenvalue weighted by molar-refractivity contribution is 5.91. The third-order valence-corrected chi connectivity index (χ3v) is 6.05. The van der Waals surface area contributed by atoms with Crippen molar-refractivity contribution in [3.63, 3.8) is 0 Å². The number of hydrogen-bond donors (Lipinski definition) is 3. The van der Waals surface area contributed by atoms with Crippen molar-refractivity contribution < 1.29 is 0 Å². The van der Waals surface area contributed by atoms with E-state index >= 15 is 0 Å². The van der Waals surface area contributed by atoms with E-state index in [4.69, 9.17) is 0 Å². The van der Waals surface area contributed by atoms with E-state index < -0.39 is 0 Å². The summed E-state index contributed by atoms with van der Waals surface area (Å²) in [6, 6.07) is 12.6. The molecule has 0 amide bonds. The lowest BCUT2D eigenvalue weighted by atomic mass is 10.0. The summed E-state index contributed by atoms with van der Waals surface area (Å²) in [5.41, 5.74) is 7.22. The first kappa shape index (κ1) is 20.2. The molecule has 160 valence electrons. The second-order valence-electron chi connectivity index (χ2n) is 8.10. The van der Waals surface area contributed by atoms with Crippen molar-refractivity contribution in [2.45, 2.75) is 13.5 Å². The van der Waals surface area contributed by atoms with Gasteiger partial charge in [-0.3, -0.25) is 14.9 Å². The maximum absolute atomic E-state index is 9.78. The van der Waals surface area contributed by atoms with Gasteiger partial charge in [-0.25, -0.2) is 0 Å². The maximum Gasteiger partial charge on any atom is 0.103 e. The average molecular weight is 424 g/mol. The van der Waals surface area contributed by atoms with E-state index in [0.717, 1.165) is 71.8 Å². The van der Waals surface area contributed by atoms with Gasteiger partial charge >= 0.3 is 0 Å². The van der Waals surface area contributed by atoms with Crippen molar-refractivity contribution in [1.82, 2.24) is 25.2 Å². The number of nitriles is 1. The van der Waals surface area contributed by atoms with Crippen LogP contribution in [0.25, 0.3) is 22.2 Å². The van der Waals surface area contributed by atoms with Gasteiger partial charge in [0.15, 0.2) is 0 Å². The molecule has 0 atom stereocenters. The van der Waals surface area contributed by atoms with Gasteiger partial charge in [0.25, 0.3) is 0 Å². The number of aromatic nitrogens is 3. The van der Waals surface area contributed by atoms with Gasteiger partial charge in [-0.1, -0.05) is 0 Å². The minimum atomic E-state index is 0.491. The van der Waals surface area contributed by atoms with Crippen molar-refractivity contribution >= 4 is 22.3 Å². The van der Waals surface area contributed by atoms with Gasteiger partial charge in [0, 0.05) is 79.7 Å². The second-order valence-corrected chi connectivity index (χ2v) is 8.10. The number of anilines is 2. The molecule has 1 aliphatic heterocycles. The van der Waals surface area contributed by atoms with E-state index in [1.54, 1.807) is 12.4 Å². The van der Waals surface area contributed by atoms with Gasteiger partial charge in [0.2, 0.25) is 0 Å². The van der Waals surface area contributed by atoms with Gasteiger partial charge in [-0.2, -0.15) is 5.26 Å². The van der Waals surface area contributed by atoms with Gasteiger partial charge in [0.05, 0.1) is 16.9 Å². The zero-order valence-electron chi connectivity index (χ0n) is 18.0. The average Bonchev–Trinajstić information content (AvgIpc) is 3.31. The fourth-order valence-corrected chi connectivity index (χ4v) is 4.28. The maximum atomic E-state index is 9.78. The summed E-state index contributed by atoms with van der Waals surface area (Å²) in [5, 5.41) is 17.8. The van der Waals surface area contributed by atoms with Crippen LogP contribution in [-0.2, 0) is 6.54 Å². The lowest BCUT2D eigenvalue weighted by Crippen LogP contribution is -2.42. The number of piperazine rings is 1. The molecule has 7 heteroatoms. The van der Waals surface area contributed by atoms with Crippen LogP contribution in [0.1, 0.15) is 16.7 Å². The van der Waals surface area contributed by atoms with Crippen LogP contribution in [0.4, 0.5) is 11.4 Å². The second kappa shape index (κ2) is 8.79. The molecule has 0 radical (unpaired) electrons. The van der Waals surface area contributed by atoms with Crippen molar-refractivity contribution in [2.24, 2.45) is 0 Å². The Morgan fingerprint density at radius 2 is 2.03 bits per heavy atom. The third kappa shape index (κ3) is 3.94. The number of benzene rings is 1. The molecular weight excluding hydrogens is 398 g/mol. The minimum Gasteiger partial charge on any atom is -0.361 e. The predicted octanol–water partition coefficient (Wildman–Crippen LogP) is 3.95. The van der Waals surface area contributed by atoms with Crippen LogP contribution >= 0.6 is 0 Å². The first-order chi connectivity index (χ1) is 15.7. The van der Waals surface area contributed by atoms with Crippen LogP contribution in [-0.4, -0.2) is 46.0 Å². The summed E-state index contributed by atoms with van der Waals surface area (Å²) in [4.78, 5) is 14.6. The molecule has 4 heterocycles. The molecule has 3 N–H and O–H groups in total. The van der Waals surface area contributed by atoms with Crippen LogP contribution in [0.15, 0.2) is 55.1 Å². The Morgan fingerprint density at radius 1 is 1.16 bits per heavy atom. The minimum absolute atomic E-state index is 0.491. The summed E-state index contributed by atoms with van der Waals surface area (Å²) in [5.74, 6) is 0. The van der Waals surface area contributed by atoms with Gasteiger partial charge in [-0.05, 0) is 48.4 Å². The number of pyridine rings is 2. The van der Waals surface area contributed by atoms with Crippen LogP contribution in [0.5, 0.6) is 0 Å². The van der Waals surface area contributed by atoms with Gasteiger partial charge in [0.1, 0.15) is 6.07 Å². The fourth-order valence-electron chi connectivity index (χ4n) is 4.28. The third-order valence-electron chi connectivity index (χ3n) is 6.05. The smallest absolute Gasteiger partial charge is 0.103 e.